The van der Waals surface area contributed by atoms with Gasteiger partial charge in [0.15, 0.2) is 8.32 Å². The molecule has 2 rings (SSSR count). The van der Waals surface area contributed by atoms with Gasteiger partial charge in [0.05, 0.1) is 0 Å². The van der Waals surface area contributed by atoms with E-state index in [1.165, 1.54) is 37.7 Å². The molecule has 184 valence electrons. The van der Waals surface area contributed by atoms with Gasteiger partial charge in [-0.3, -0.25) is 9.59 Å². The highest BCUT2D eigenvalue weighted by Gasteiger charge is 2.41. The fourth-order valence-electron chi connectivity index (χ4n) is 5.08. The van der Waals surface area contributed by atoms with E-state index in [2.05, 4.69) is 39.9 Å². The Bertz CT molecular complexity index is 641. The molecule has 0 radical (unpaired) electrons. The van der Waals surface area contributed by atoms with Crippen molar-refractivity contribution in [3.63, 3.8) is 0 Å². The molecule has 2 atom stereocenters. The van der Waals surface area contributed by atoms with Crippen LogP contribution in [0.1, 0.15) is 111 Å². The molecular formula is C27H48O4Si. The highest BCUT2D eigenvalue weighted by atomic mass is 28.4. The molecule has 0 amide bonds. The Kier molecular flexibility index (Phi) is 10.7. The fourth-order valence-corrected chi connectivity index (χ4v) is 6.51. The first kappa shape index (κ1) is 27.3. The molecule has 0 aromatic carbocycles. The van der Waals surface area contributed by atoms with Crippen LogP contribution in [0.5, 0.6) is 0 Å². The predicted molar refractivity (Wildman–Crippen MR) is 134 cm³/mol. The van der Waals surface area contributed by atoms with Gasteiger partial charge in [-0.2, -0.15) is 0 Å². The number of allylic oxidation sites excluding steroid dienone is 2. The van der Waals surface area contributed by atoms with E-state index in [1.54, 1.807) is 0 Å². The van der Waals surface area contributed by atoms with Crippen LogP contribution in [-0.2, 0) is 14.0 Å². The number of hydrogen-bond donors (Lipinski definition) is 1. The number of hydrogen-bond acceptors (Lipinski definition) is 3. The third-order valence-electron chi connectivity index (χ3n) is 8.18. The molecule has 0 unspecified atom stereocenters. The van der Waals surface area contributed by atoms with Crippen LogP contribution in [0.4, 0.5) is 0 Å². The number of Topliss-reactive ketones (excluding diaryl/α,β-unsaturated/α-hetero) is 1. The molecule has 1 fully saturated rings. The average Bonchev–Trinajstić information content (AvgIpc) is 3.07. The Balaban J connectivity index is 1.91. The standard InChI is InChI=1S/C27H48O4Si/c1-27(2,3)32(4,5)31-25(22-13-9-8-10-14-22)20-18-21-17-19-24(28)23(21)15-11-6-7-12-16-26(29)30/h17,22-23,25H,6-16,18-20H2,1-5H3,(H,29,30)/t23-,25-/m1/s1. The van der Waals surface area contributed by atoms with Crippen LogP contribution in [0.15, 0.2) is 11.6 Å². The molecule has 0 heterocycles. The minimum atomic E-state index is -1.83. The summed E-state index contributed by atoms with van der Waals surface area (Å²) in [5.74, 6) is 0.427. The van der Waals surface area contributed by atoms with Gasteiger partial charge in [-0.25, -0.2) is 0 Å². The summed E-state index contributed by atoms with van der Waals surface area (Å²) in [5.41, 5.74) is 1.35. The lowest BCUT2D eigenvalue weighted by Crippen LogP contribution is -2.46. The monoisotopic (exact) mass is 464 g/mol. The van der Waals surface area contributed by atoms with E-state index < -0.39 is 14.3 Å². The van der Waals surface area contributed by atoms with Gasteiger partial charge in [-0.15, -0.1) is 0 Å². The van der Waals surface area contributed by atoms with Gasteiger partial charge in [0.1, 0.15) is 5.78 Å². The smallest absolute Gasteiger partial charge is 0.303 e. The van der Waals surface area contributed by atoms with Gasteiger partial charge in [-0.05, 0) is 62.6 Å². The van der Waals surface area contributed by atoms with Crippen molar-refractivity contribution >= 4 is 20.1 Å². The maximum atomic E-state index is 12.5. The van der Waals surface area contributed by atoms with Gasteiger partial charge >= 0.3 is 5.97 Å². The molecule has 0 spiro atoms. The van der Waals surface area contributed by atoms with E-state index in [4.69, 9.17) is 9.53 Å². The Labute approximate surface area is 197 Å². The summed E-state index contributed by atoms with van der Waals surface area (Å²) in [6.07, 6.45) is 16.6. The lowest BCUT2D eigenvalue weighted by molar-refractivity contribution is -0.137. The van der Waals surface area contributed by atoms with Crippen molar-refractivity contribution in [3.8, 4) is 0 Å². The highest BCUT2D eigenvalue weighted by molar-refractivity contribution is 6.74. The molecular weight excluding hydrogens is 416 g/mol. The van der Waals surface area contributed by atoms with Gasteiger partial charge in [0.25, 0.3) is 0 Å². The quantitative estimate of drug-likeness (QED) is 0.172. The van der Waals surface area contributed by atoms with E-state index in [-0.39, 0.29) is 17.4 Å². The zero-order chi connectivity index (χ0) is 23.8. The molecule has 0 bridgehead atoms. The Hall–Kier alpha value is -0.943. The van der Waals surface area contributed by atoms with Crippen LogP contribution in [0.3, 0.4) is 0 Å². The van der Waals surface area contributed by atoms with Crippen LogP contribution in [0.2, 0.25) is 18.1 Å². The Morgan fingerprint density at radius 2 is 1.78 bits per heavy atom. The lowest BCUT2D eigenvalue weighted by Gasteiger charge is -2.42. The van der Waals surface area contributed by atoms with Crippen LogP contribution in [0.25, 0.3) is 0 Å². The lowest BCUT2D eigenvalue weighted by atomic mass is 9.82. The third kappa shape index (κ3) is 8.44. The number of carboxylic acid groups (broad SMARTS) is 1. The van der Waals surface area contributed by atoms with Crippen LogP contribution >= 0.6 is 0 Å². The second kappa shape index (κ2) is 12.5. The molecule has 0 saturated heterocycles. The van der Waals surface area contributed by atoms with E-state index >= 15 is 0 Å². The minimum absolute atomic E-state index is 0.0920. The van der Waals surface area contributed by atoms with Crippen molar-refractivity contribution in [1.82, 2.24) is 0 Å². The molecule has 1 saturated carbocycles. The van der Waals surface area contributed by atoms with E-state index in [1.807, 2.05) is 0 Å². The molecule has 0 aliphatic heterocycles. The van der Waals surface area contributed by atoms with Crippen molar-refractivity contribution in [1.29, 1.82) is 0 Å². The number of rotatable bonds is 13. The maximum Gasteiger partial charge on any atom is 0.303 e. The number of aliphatic carboxylic acids is 1. The second-order valence-electron chi connectivity index (χ2n) is 11.7. The highest BCUT2D eigenvalue weighted by Crippen LogP contribution is 2.41. The van der Waals surface area contributed by atoms with E-state index in [0.717, 1.165) is 44.9 Å². The summed E-state index contributed by atoms with van der Waals surface area (Å²) in [7, 11) is -1.83. The van der Waals surface area contributed by atoms with Gasteiger partial charge < -0.3 is 9.53 Å². The first-order chi connectivity index (χ1) is 15.0. The number of carbonyl (C=O) groups excluding carboxylic acids is 1. The van der Waals surface area contributed by atoms with Crippen molar-refractivity contribution in [2.75, 3.05) is 0 Å². The van der Waals surface area contributed by atoms with Crippen LogP contribution in [-0.4, -0.2) is 31.3 Å². The first-order valence-corrected chi connectivity index (χ1v) is 16.0. The van der Waals surface area contributed by atoms with Crippen molar-refractivity contribution in [2.45, 2.75) is 135 Å². The summed E-state index contributed by atoms with van der Waals surface area (Å²) in [6.45, 7) is 11.7. The second-order valence-corrected chi connectivity index (χ2v) is 16.5. The molecule has 0 aromatic rings. The van der Waals surface area contributed by atoms with Crippen molar-refractivity contribution in [3.05, 3.63) is 11.6 Å². The summed E-state index contributed by atoms with van der Waals surface area (Å²) >= 11 is 0. The van der Waals surface area contributed by atoms with Crippen molar-refractivity contribution in [2.24, 2.45) is 11.8 Å². The third-order valence-corrected chi connectivity index (χ3v) is 12.7. The van der Waals surface area contributed by atoms with Gasteiger partial charge in [0, 0.05) is 24.9 Å². The molecule has 2 aliphatic rings. The molecule has 4 nitrogen and oxygen atoms in total. The number of ketones is 1. The Morgan fingerprint density at radius 1 is 1.12 bits per heavy atom. The Morgan fingerprint density at radius 3 is 2.41 bits per heavy atom. The first-order valence-electron chi connectivity index (χ1n) is 13.1. The topological polar surface area (TPSA) is 63.6 Å². The van der Waals surface area contributed by atoms with Gasteiger partial charge in [-0.1, -0.05) is 70.9 Å². The number of unbranched alkanes of at least 4 members (excludes halogenated alkanes) is 3. The summed E-state index contributed by atoms with van der Waals surface area (Å²) in [5, 5.41) is 8.98. The SMILES string of the molecule is CC(C)(C)[Si](C)(C)O[C@H](CCC1=CCC(=O)[C@@H]1CCCCCCC(=O)O)C1CCCCC1. The number of carboxylic acids is 1. The molecule has 1 N–H and O–H groups in total. The van der Waals surface area contributed by atoms with E-state index in [9.17, 15) is 9.59 Å². The van der Waals surface area contributed by atoms with E-state index in [0.29, 0.717) is 24.2 Å². The zero-order valence-corrected chi connectivity index (χ0v) is 22.4. The minimum Gasteiger partial charge on any atom is -0.481 e. The fraction of sp³-hybridized carbons (Fsp3) is 0.852. The molecule has 32 heavy (non-hydrogen) atoms. The maximum absolute atomic E-state index is 12.5. The summed E-state index contributed by atoms with van der Waals surface area (Å²) < 4.78 is 6.99. The van der Waals surface area contributed by atoms with Crippen molar-refractivity contribution < 1.29 is 19.1 Å². The van der Waals surface area contributed by atoms with Crippen LogP contribution < -0.4 is 0 Å². The van der Waals surface area contributed by atoms with Gasteiger partial charge in [0.2, 0.25) is 0 Å². The summed E-state index contributed by atoms with van der Waals surface area (Å²) in [4.78, 5) is 23.2. The normalized spacial score (nSPS) is 21.6. The number of carbonyl (C=O) groups is 2. The summed E-state index contributed by atoms with van der Waals surface area (Å²) in [6, 6.07) is 0. The predicted octanol–water partition coefficient (Wildman–Crippen LogP) is 7.68. The molecule has 5 heteroatoms. The average molecular weight is 465 g/mol. The largest absolute Gasteiger partial charge is 0.481 e. The molecule has 2 aliphatic carbocycles. The van der Waals surface area contributed by atoms with Crippen LogP contribution in [0, 0.1) is 11.8 Å². The molecule has 0 aromatic heterocycles. The zero-order valence-electron chi connectivity index (χ0n) is 21.4.